The summed E-state index contributed by atoms with van der Waals surface area (Å²) in [5.74, 6) is -0.154. The lowest BCUT2D eigenvalue weighted by molar-refractivity contribution is -0.384. The van der Waals surface area contributed by atoms with Gasteiger partial charge in [-0.2, -0.15) is 0 Å². The van der Waals surface area contributed by atoms with Crippen molar-refractivity contribution in [1.29, 1.82) is 0 Å². The van der Waals surface area contributed by atoms with Gasteiger partial charge < -0.3 is 14.7 Å². The van der Waals surface area contributed by atoms with Crippen molar-refractivity contribution >= 4 is 29.3 Å². The second-order valence-corrected chi connectivity index (χ2v) is 8.37. The molecule has 33 heavy (non-hydrogen) atoms. The smallest absolute Gasteiger partial charge is 0.277 e. The number of benzene rings is 2. The van der Waals surface area contributed by atoms with Gasteiger partial charge in [0.05, 0.1) is 10.5 Å². The third-order valence-electron chi connectivity index (χ3n) is 6.33. The van der Waals surface area contributed by atoms with Crippen LogP contribution in [0.4, 0.5) is 11.4 Å². The van der Waals surface area contributed by atoms with Crippen LogP contribution in [0.1, 0.15) is 25.3 Å². The SMILES string of the molecule is CC(=O)N1CCN(C(=O)/C=C/c2cccc([N+](=O)[O-])c2-c2ccccc2N2CCCC2)CC1. The zero-order valence-corrected chi connectivity index (χ0v) is 18.8. The zero-order valence-electron chi connectivity index (χ0n) is 18.8. The highest BCUT2D eigenvalue weighted by Crippen LogP contribution is 2.40. The molecule has 2 amide bonds. The Morgan fingerprint density at radius 2 is 1.58 bits per heavy atom. The normalized spacial score (nSPS) is 16.5. The standard InChI is InChI=1S/C25H28N4O4/c1-19(30)26-15-17-28(18-16-26)24(31)12-11-20-7-6-10-23(29(32)33)25(20)21-8-2-3-9-22(21)27-13-4-5-14-27/h2-3,6-12H,4-5,13-18H2,1H3/b12-11+. The summed E-state index contributed by atoms with van der Waals surface area (Å²) < 4.78 is 0. The average Bonchev–Trinajstić information content (AvgIpc) is 3.37. The number of anilines is 1. The van der Waals surface area contributed by atoms with Gasteiger partial charge in [0.2, 0.25) is 11.8 Å². The third-order valence-corrected chi connectivity index (χ3v) is 6.33. The molecule has 0 aliphatic carbocycles. The van der Waals surface area contributed by atoms with Gasteiger partial charge in [-0.3, -0.25) is 19.7 Å². The van der Waals surface area contributed by atoms with Gasteiger partial charge in [0.15, 0.2) is 0 Å². The molecule has 0 radical (unpaired) electrons. The van der Waals surface area contributed by atoms with E-state index in [1.165, 1.54) is 19.1 Å². The monoisotopic (exact) mass is 448 g/mol. The Morgan fingerprint density at radius 1 is 0.909 bits per heavy atom. The van der Waals surface area contributed by atoms with Gasteiger partial charge in [0.25, 0.3) is 5.69 Å². The molecule has 8 nitrogen and oxygen atoms in total. The summed E-state index contributed by atoms with van der Waals surface area (Å²) in [4.78, 5) is 41.5. The minimum Gasteiger partial charge on any atom is -0.371 e. The first-order chi connectivity index (χ1) is 16.0. The molecular formula is C25H28N4O4. The molecule has 2 aromatic rings. The first-order valence-corrected chi connectivity index (χ1v) is 11.3. The molecule has 0 bridgehead atoms. The van der Waals surface area contributed by atoms with Crippen molar-refractivity contribution in [1.82, 2.24) is 9.80 Å². The lowest BCUT2D eigenvalue weighted by atomic mass is 9.95. The molecule has 2 fully saturated rings. The van der Waals surface area contributed by atoms with Gasteiger partial charge in [-0.1, -0.05) is 30.3 Å². The summed E-state index contributed by atoms with van der Waals surface area (Å²) >= 11 is 0. The Bertz CT molecular complexity index is 1080. The molecule has 2 heterocycles. The fraction of sp³-hybridized carbons (Fsp3) is 0.360. The van der Waals surface area contributed by atoms with E-state index < -0.39 is 0 Å². The number of rotatable bonds is 5. The van der Waals surface area contributed by atoms with E-state index in [1.807, 2.05) is 24.3 Å². The molecule has 0 aromatic heterocycles. The number of carbonyl (C=O) groups excluding carboxylic acids is 2. The van der Waals surface area contributed by atoms with Crippen molar-refractivity contribution in [3.63, 3.8) is 0 Å². The number of para-hydroxylation sites is 1. The van der Waals surface area contributed by atoms with Crippen LogP contribution in [0.15, 0.2) is 48.5 Å². The molecule has 0 spiro atoms. The van der Waals surface area contributed by atoms with Crippen LogP contribution in [0.5, 0.6) is 0 Å². The number of nitro groups is 1. The van der Waals surface area contributed by atoms with E-state index in [2.05, 4.69) is 4.90 Å². The predicted octanol–water partition coefficient (Wildman–Crippen LogP) is 3.57. The quantitative estimate of drug-likeness (QED) is 0.397. The zero-order chi connectivity index (χ0) is 23.4. The van der Waals surface area contributed by atoms with E-state index in [0.29, 0.717) is 37.3 Å². The Kier molecular flexibility index (Phi) is 6.72. The van der Waals surface area contributed by atoms with Gasteiger partial charge in [0.1, 0.15) is 0 Å². The minimum atomic E-state index is -0.365. The first kappa shape index (κ1) is 22.5. The van der Waals surface area contributed by atoms with Gasteiger partial charge in [-0.15, -0.1) is 0 Å². The highest BCUT2D eigenvalue weighted by atomic mass is 16.6. The van der Waals surface area contributed by atoms with Crippen LogP contribution in [0.2, 0.25) is 0 Å². The van der Waals surface area contributed by atoms with Crippen molar-refractivity contribution < 1.29 is 14.5 Å². The summed E-state index contributed by atoms with van der Waals surface area (Å²) in [7, 11) is 0. The fourth-order valence-corrected chi connectivity index (χ4v) is 4.57. The average molecular weight is 449 g/mol. The first-order valence-electron chi connectivity index (χ1n) is 11.3. The van der Waals surface area contributed by atoms with Crippen LogP contribution in [0.3, 0.4) is 0 Å². The fourth-order valence-electron chi connectivity index (χ4n) is 4.57. The van der Waals surface area contributed by atoms with Crippen LogP contribution in [0, 0.1) is 10.1 Å². The Labute approximate surface area is 193 Å². The molecular weight excluding hydrogens is 420 g/mol. The molecule has 2 aliphatic heterocycles. The van der Waals surface area contributed by atoms with Crippen LogP contribution in [-0.4, -0.2) is 65.8 Å². The molecule has 8 heteroatoms. The summed E-state index contributed by atoms with van der Waals surface area (Å²) in [6, 6.07) is 12.7. The van der Waals surface area contributed by atoms with E-state index in [4.69, 9.17) is 0 Å². The van der Waals surface area contributed by atoms with Gasteiger partial charge in [-0.05, 0) is 30.5 Å². The van der Waals surface area contributed by atoms with Gasteiger partial charge in [-0.25, -0.2) is 0 Å². The highest BCUT2D eigenvalue weighted by Gasteiger charge is 2.24. The second-order valence-electron chi connectivity index (χ2n) is 8.37. The van der Waals surface area contributed by atoms with Crippen molar-refractivity contribution in [2.75, 3.05) is 44.2 Å². The Balaban J connectivity index is 1.66. The van der Waals surface area contributed by atoms with E-state index in [1.54, 1.807) is 28.0 Å². The topological polar surface area (TPSA) is 87.0 Å². The van der Waals surface area contributed by atoms with Crippen molar-refractivity contribution in [3.05, 3.63) is 64.2 Å². The lowest BCUT2D eigenvalue weighted by Gasteiger charge is -2.33. The van der Waals surface area contributed by atoms with E-state index in [9.17, 15) is 19.7 Å². The van der Waals surface area contributed by atoms with E-state index in [-0.39, 0.29) is 22.4 Å². The second kappa shape index (κ2) is 9.85. The van der Waals surface area contributed by atoms with Crippen molar-refractivity contribution in [3.8, 4) is 11.1 Å². The summed E-state index contributed by atoms with van der Waals surface area (Å²) in [5, 5.41) is 11.9. The van der Waals surface area contributed by atoms with Crippen LogP contribution in [-0.2, 0) is 9.59 Å². The third kappa shape index (κ3) is 4.89. The van der Waals surface area contributed by atoms with Crippen LogP contribution in [0.25, 0.3) is 17.2 Å². The Morgan fingerprint density at radius 3 is 2.24 bits per heavy atom. The maximum Gasteiger partial charge on any atom is 0.277 e. The predicted molar refractivity (Wildman–Crippen MR) is 128 cm³/mol. The maximum atomic E-state index is 12.8. The van der Waals surface area contributed by atoms with Crippen molar-refractivity contribution in [2.24, 2.45) is 0 Å². The Hall–Kier alpha value is -3.68. The van der Waals surface area contributed by atoms with Crippen molar-refractivity contribution in [2.45, 2.75) is 19.8 Å². The molecule has 2 aliphatic rings. The molecule has 0 atom stereocenters. The summed E-state index contributed by atoms with van der Waals surface area (Å²) in [5.41, 5.74) is 2.95. The molecule has 2 aromatic carbocycles. The molecule has 0 unspecified atom stereocenters. The van der Waals surface area contributed by atoms with Gasteiger partial charge >= 0.3 is 0 Å². The van der Waals surface area contributed by atoms with E-state index >= 15 is 0 Å². The lowest BCUT2D eigenvalue weighted by Crippen LogP contribution is -2.49. The number of piperazine rings is 1. The largest absolute Gasteiger partial charge is 0.371 e. The summed E-state index contributed by atoms with van der Waals surface area (Å²) in [6.45, 7) is 5.35. The number of hydrogen-bond donors (Lipinski definition) is 0. The molecule has 2 saturated heterocycles. The molecule has 0 N–H and O–H groups in total. The minimum absolute atomic E-state index is 0.00976. The number of amides is 2. The maximum absolute atomic E-state index is 12.8. The van der Waals surface area contributed by atoms with Gasteiger partial charge in [0, 0.05) is 69.6 Å². The molecule has 0 saturated carbocycles. The van der Waals surface area contributed by atoms with Crippen LogP contribution < -0.4 is 4.90 Å². The number of carbonyl (C=O) groups is 2. The van der Waals surface area contributed by atoms with Crippen LogP contribution >= 0.6 is 0 Å². The molecule has 4 rings (SSSR count). The number of nitro benzene ring substituents is 1. The number of nitrogens with zero attached hydrogens (tertiary/aromatic N) is 4. The van der Waals surface area contributed by atoms with E-state index in [0.717, 1.165) is 37.2 Å². The summed E-state index contributed by atoms with van der Waals surface area (Å²) in [6.07, 6.45) is 5.35. The number of hydrogen-bond acceptors (Lipinski definition) is 5. The highest BCUT2D eigenvalue weighted by molar-refractivity contribution is 5.96. The molecule has 172 valence electrons.